The number of hydrogen-bond acceptors (Lipinski definition) is 9. The number of hydrogen-bond donors (Lipinski definition) is 3. The minimum atomic E-state index is -4.41. The van der Waals surface area contributed by atoms with Crippen molar-refractivity contribution < 1.29 is 37.4 Å². The maximum absolute atomic E-state index is 15.5. The molecule has 2 heterocycles. The van der Waals surface area contributed by atoms with Crippen molar-refractivity contribution in [1.29, 1.82) is 0 Å². The molecule has 0 bridgehead atoms. The third-order valence-electron chi connectivity index (χ3n) is 5.73. The fourth-order valence-electron chi connectivity index (χ4n) is 3.60. The predicted molar refractivity (Wildman–Crippen MR) is 135 cm³/mol. The summed E-state index contributed by atoms with van der Waals surface area (Å²) in [5.74, 6) is -0.742. The van der Waals surface area contributed by atoms with Gasteiger partial charge in [0.05, 0.1) is 18.2 Å². The normalized spacial score (nSPS) is 25.5. The molecule has 1 aliphatic rings. The number of aromatic amines is 1. The third-order valence-corrected chi connectivity index (χ3v) is 7.67. The fourth-order valence-corrected chi connectivity index (χ4v) is 5.35. The topological polar surface area (TPSA) is 158 Å². The lowest BCUT2D eigenvalue weighted by Crippen LogP contribution is -2.43. The number of para-hydroxylation sites is 1. The van der Waals surface area contributed by atoms with Gasteiger partial charge in [0.25, 0.3) is 5.56 Å². The molecule has 0 spiro atoms. The van der Waals surface area contributed by atoms with Gasteiger partial charge in [-0.05, 0) is 32.4 Å². The summed E-state index contributed by atoms with van der Waals surface area (Å²) in [5.41, 5.74) is -4.16. The number of benzene rings is 1. The number of esters is 1. The van der Waals surface area contributed by atoms with Crippen LogP contribution in [0.15, 0.2) is 46.1 Å². The molecule has 2 aromatic rings. The van der Waals surface area contributed by atoms with Gasteiger partial charge in [-0.2, -0.15) is 5.09 Å². The standard InChI is InChI=1S/C23H30ClFN3O9P/c1-4-5-12-34-20(31)14(2)27-38(33,37-16-9-7-6-8-15(16)24)35-13-17-19(30)23(3,25)21(36-17)28-11-10-18(29)26-22(28)32/h6-11,14,17,19,21,30H,4-5,12-13H2,1-3H3,(H,27,33)(H,26,29,32)/t14-,17?,19+,21?,23+,38?/m0/s1. The molecule has 15 heteroatoms. The van der Waals surface area contributed by atoms with E-state index >= 15 is 4.39 Å². The Kier molecular flexibility index (Phi) is 9.91. The molecular weight excluding hydrogens is 548 g/mol. The van der Waals surface area contributed by atoms with E-state index in [2.05, 4.69) is 5.09 Å². The van der Waals surface area contributed by atoms with E-state index in [0.29, 0.717) is 6.42 Å². The number of alkyl halides is 1. The summed E-state index contributed by atoms with van der Waals surface area (Å²) in [6.07, 6.45) is -2.43. The van der Waals surface area contributed by atoms with E-state index in [1.165, 1.54) is 19.1 Å². The summed E-state index contributed by atoms with van der Waals surface area (Å²) in [7, 11) is -4.41. The van der Waals surface area contributed by atoms with Crippen LogP contribution in [0.5, 0.6) is 5.75 Å². The minimum Gasteiger partial charge on any atom is -0.465 e. The number of ether oxygens (including phenoxy) is 2. The van der Waals surface area contributed by atoms with E-state index in [9.17, 15) is 24.1 Å². The van der Waals surface area contributed by atoms with Gasteiger partial charge in [0, 0.05) is 12.3 Å². The Morgan fingerprint density at radius 3 is 2.74 bits per heavy atom. The van der Waals surface area contributed by atoms with Crippen LogP contribution in [-0.2, 0) is 23.4 Å². The zero-order valence-corrected chi connectivity index (χ0v) is 22.6. The van der Waals surface area contributed by atoms with Crippen LogP contribution >= 0.6 is 19.3 Å². The maximum Gasteiger partial charge on any atom is 0.459 e. The van der Waals surface area contributed by atoms with Crippen LogP contribution in [0, 0.1) is 0 Å². The van der Waals surface area contributed by atoms with Crippen LogP contribution in [0.25, 0.3) is 0 Å². The lowest BCUT2D eigenvalue weighted by Gasteiger charge is -2.25. The Morgan fingerprint density at radius 1 is 1.37 bits per heavy atom. The molecule has 3 rings (SSSR count). The molecule has 0 amide bonds. The molecule has 1 saturated heterocycles. The number of halogens is 2. The summed E-state index contributed by atoms with van der Waals surface area (Å²) >= 11 is 6.12. The average molecular weight is 578 g/mol. The highest BCUT2D eigenvalue weighted by Crippen LogP contribution is 2.48. The van der Waals surface area contributed by atoms with Crippen molar-refractivity contribution in [3.05, 3.63) is 62.4 Å². The molecule has 0 radical (unpaired) electrons. The van der Waals surface area contributed by atoms with Gasteiger partial charge in [0.1, 0.15) is 24.0 Å². The SMILES string of the molecule is CCCCOC(=O)[C@H](C)NP(=O)(OCC1OC(n2ccc(=O)[nH]c2=O)[C@](C)(F)[C@@H]1O)Oc1ccccc1Cl. The third kappa shape index (κ3) is 7.10. The number of aliphatic hydroxyl groups is 1. The van der Waals surface area contributed by atoms with Crippen LogP contribution < -0.4 is 20.9 Å². The Hall–Kier alpha value is -2.54. The van der Waals surface area contributed by atoms with Crippen molar-refractivity contribution >= 4 is 25.3 Å². The fraction of sp³-hybridized carbons (Fsp3) is 0.522. The van der Waals surface area contributed by atoms with Crippen LogP contribution in [0.1, 0.15) is 39.8 Å². The van der Waals surface area contributed by atoms with Crippen molar-refractivity contribution in [2.45, 2.75) is 63.8 Å². The monoisotopic (exact) mass is 577 g/mol. The second-order valence-corrected chi connectivity index (χ2v) is 10.9. The summed E-state index contributed by atoms with van der Waals surface area (Å²) in [5, 5.41) is 13.2. The van der Waals surface area contributed by atoms with Gasteiger partial charge in [0.2, 0.25) is 0 Å². The molecule has 0 aliphatic carbocycles. The molecule has 1 fully saturated rings. The predicted octanol–water partition coefficient (Wildman–Crippen LogP) is 2.70. The molecule has 0 saturated carbocycles. The van der Waals surface area contributed by atoms with Crippen molar-refractivity contribution in [3.8, 4) is 5.75 Å². The summed E-state index contributed by atoms with van der Waals surface area (Å²) in [4.78, 5) is 37.9. The van der Waals surface area contributed by atoms with Crippen LogP contribution in [0.3, 0.4) is 0 Å². The Bertz CT molecular complexity index is 1290. The highest BCUT2D eigenvalue weighted by Gasteiger charge is 2.56. The number of aliphatic hydroxyl groups excluding tert-OH is 1. The molecule has 1 aromatic carbocycles. The zero-order valence-electron chi connectivity index (χ0n) is 21.0. The van der Waals surface area contributed by atoms with E-state index in [1.807, 2.05) is 11.9 Å². The number of nitrogens with zero attached hydrogens (tertiary/aromatic N) is 1. The quantitative estimate of drug-likeness (QED) is 0.194. The van der Waals surface area contributed by atoms with Gasteiger partial charge in [-0.1, -0.05) is 37.1 Å². The summed E-state index contributed by atoms with van der Waals surface area (Å²) < 4.78 is 51.7. The number of aromatic nitrogens is 2. The summed E-state index contributed by atoms with van der Waals surface area (Å²) in [6.45, 7) is 3.81. The molecule has 38 heavy (non-hydrogen) atoms. The molecular formula is C23H30ClFN3O9P. The maximum atomic E-state index is 15.5. The second kappa shape index (κ2) is 12.5. The molecule has 3 unspecified atom stereocenters. The highest BCUT2D eigenvalue weighted by atomic mass is 35.5. The summed E-state index contributed by atoms with van der Waals surface area (Å²) in [6, 6.07) is 5.93. The Labute approximate surface area is 222 Å². The number of unbranched alkanes of at least 4 members (excludes halogenated alkanes) is 1. The Balaban J connectivity index is 1.80. The van der Waals surface area contributed by atoms with E-state index in [1.54, 1.807) is 12.1 Å². The van der Waals surface area contributed by atoms with Gasteiger partial charge < -0.3 is 19.1 Å². The number of H-pyrrole nitrogens is 1. The van der Waals surface area contributed by atoms with E-state index in [-0.39, 0.29) is 17.4 Å². The largest absolute Gasteiger partial charge is 0.465 e. The van der Waals surface area contributed by atoms with E-state index in [0.717, 1.165) is 30.2 Å². The molecule has 1 aliphatic heterocycles. The molecule has 3 N–H and O–H groups in total. The molecule has 6 atom stereocenters. The molecule has 210 valence electrons. The molecule has 1 aromatic heterocycles. The van der Waals surface area contributed by atoms with Crippen LogP contribution in [0.4, 0.5) is 4.39 Å². The minimum absolute atomic E-state index is 0.0302. The van der Waals surface area contributed by atoms with Gasteiger partial charge in [-0.25, -0.2) is 13.8 Å². The first-order valence-corrected chi connectivity index (χ1v) is 13.8. The van der Waals surface area contributed by atoms with Crippen molar-refractivity contribution in [2.24, 2.45) is 0 Å². The zero-order chi connectivity index (χ0) is 28.1. The number of rotatable bonds is 12. The smallest absolute Gasteiger partial charge is 0.459 e. The van der Waals surface area contributed by atoms with Crippen LogP contribution in [0.2, 0.25) is 5.02 Å². The first-order valence-electron chi connectivity index (χ1n) is 11.8. The number of nitrogens with one attached hydrogen (secondary N) is 2. The van der Waals surface area contributed by atoms with Crippen molar-refractivity contribution in [2.75, 3.05) is 13.2 Å². The van der Waals surface area contributed by atoms with Crippen LogP contribution in [-0.4, -0.2) is 57.8 Å². The van der Waals surface area contributed by atoms with Crippen molar-refractivity contribution in [3.63, 3.8) is 0 Å². The van der Waals surface area contributed by atoms with Gasteiger partial charge in [-0.3, -0.25) is 23.7 Å². The van der Waals surface area contributed by atoms with Gasteiger partial charge in [0.15, 0.2) is 11.9 Å². The van der Waals surface area contributed by atoms with Gasteiger partial charge >= 0.3 is 19.4 Å². The molecule has 12 nitrogen and oxygen atoms in total. The van der Waals surface area contributed by atoms with E-state index in [4.69, 9.17) is 30.1 Å². The van der Waals surface area contributed by atoms with Crippen molar-refractivity contribution in [1.82, 2.24) is 14.6 Å². The number of carbonyl (C=O) groups is 1. The number of carbonyl (C=O) groups excluding carboxylic acids is 1. The lowest BCUT2D eigenvalue weighted by molar-refractivity contribution is -0.145. The highest BCUT2D eigenvalue weighted by molar-refractivity contribution is 7.52. The Morgan fingerprint density at radius 2 is 2.08 bits per heavy atom. The second-order valence-electron chi connectivity index (χ2n) is 8.83. The first kappa shape index (κ1) is 30.0. The van der Waals surface area contributed by atoms with Gasteiger partial charge in [-0.15, -0.1) is 0 Å². The first-order chi connectivity index (χ1) is 17.9. The average Bonchev–Trinajstić information content (AvgIpc) is 3.08. The van der Waals surface area contributed by atoms with E-state index < -0.39 is 61.7 Å². The lowest BCUT2D eigenvalue weighted by atomic mass is 9.98.